The molecule has 0 radical (unpaired) electrons. The molecule has 8 rings (SSSR count). The third-order valence-corrected chi connectivity index (χ3v) is 11.0. The molecular weight excluding hydrogens is 557 g/mol. The summed E-state index contributed by atoms with van der Waals surface area (Å²) in [5, 5.41) is 21.4. The van der Waals surface area contributed by atoms with Crippen LogP contribution in [0, 0.1) is 54.8 Å². The van der Waals surface area contributed by atoms with E-state index in [9.17, 15) is 10.5 Å². The van der Waals surface area contributed by atoms with E-state index in [0.29, 0.717) is 17.8 Å². The van der Waals surface area contributed by atoms with Crippen molar-refractivity contribution in [2.75, 3.05) is 4.90 Å². The van der Waals surface area contributed by atoms with Gasteiger partial charge in [-0.1, -0.05) is 48.6 Å². The number of rotatable bonds is 3. The zero-order valence-corrected chi connectivity index (χ0v) is 22.3. The van der Waals surface area contributed by atoms with Gasteiger partial charge in [0, 0.05) is 20.6 Å². The van der Waals surface area contributed by atoms with Crippen molar-refractivity contribution in [2.45, 2.75) is 56.5 Å². The zero-order chi connectivity index (χ0) is 24.7. The van der Waals surface area contributed by atoms with Crippen LogP contribution in [0.3, 0.4) is 0 Å². The van der Waals surface area contributed by atoms with Crippen molar-refractivity contribution in [3.05, 3.63) is 69.3 Å². The summed E-state index contributed by atoms with van der Waals surface area (Å²) in [5.74, 6) is 1.73. The second kappa shape index (κ2) is 7.93. The molecule has 3 atom stereocenters. The fourth-order valence-corrected chi connectivity index (χ4v) is 9.75. The van der Waals surface area contributed by atoms with Gasteiger partial charge in [0.2, 0.25) is 0 Å². The molecule has 2 aromatic carbocycles. The summed E-state index contributed by atoms with van der Waals surface area (Å²) in [6.45, 7) is 0. The first-order chi connectivity index (χ1) is 17.5. The summed E-state index contributed by atoms with van der Waals surface area (Å²) in [4.78, 5) is 17.3. The fraction of sp³-hybridized carbons (Fsp3) is 0.452. The minimum Gasteiger partial charge on any atom is -0.351 e. The lowest BCUT2D eigenvalue weighted by molar-refractivity contribution is -0.145. The van der Waals surface area contributed by atoms with E-state index in [2.05, 4.69) is 51.8 Å². The predicted molar refractivity (Wildman–Crippen MR) is 147 cm³/mol. The van der Waals surface area contributed by atoms with E-state index >= 15 is 4.79 Å². The van der Waals surface area contributed by atoms with Gasteiger partial charge in [0.15, 0.2) is 11.2 Å². The highest BCUT2D eigenvalue weighted by Gasteiger charge is 2.67. The van der Waals surface area contributed by atoms with Gasteiger partial charge in [-0.3, -0.25) is 4.79 Å². The van der Waals surface area contributed by atoms with Crippen LogP contribution in [0.1, 0.15) is 55.6 Å². The van der Waals surface area contributed by atoms with Crippen LogP contribution in [0.5, 0.6) is 0 Å². The Kier molecular flexibility index (Phi) is 4.97. The third kappa shape index (κ3) is 2.93. The minimum atomic E-state index is -1.35. The number of carbonyl (C=O) groups is 1. The van der Waals surface area contributed by atoms with Gasteiger partial charge >= 0.3 is 0 Å². The van der Waals surface area contributed by atoms with Crippen LogP contribution in [0.25, 0.3) is 6.08 Å². The first-order valence-electron chi connectivity index (χ1n) is 13.2. The zero-order valence-electron chi connectivity index (χ0n) is 20.1. The molecule has 0 unspecified atom stereocenters. The maximum absolute atomic E-state index is 15.1. The van der Waals surface area contributed by atoms with E-state index in [-0.39, 0.29) is 11.2 Å². The molecule has 2 heterocycles. The Balaban J connectivity index is 1.46. The first kappa shape index (κ1) is 22.5. The molecule has 2 aliphatic heterocycles. The van der Waals surface area contributed by atoms with Crippen LogP contribution < -0.4 is 4.90 Å². The molecule has 180 valence electrons. The molecule has 0 aromatic heterocycles. The molecule has 36 heavy (non-hydrogen) atoms. The minimum absolute atomic E-state index is 0.286. The maximum Gasteiger partial charge on any atom is 0.176 e. The average molecular weight is 585 g/mol. The molecule has 5 heteroatoms. The third-order valence-electron chi connectivity index (χ3n) is 9.99. The number of nitrogens with zero attached hydrogens (tertiary/aromatic N) is 3. The van der Waals surface area contributed by atoms with E-state index in [1.165, 1.54) is 19.3 Å². The van der Waals surface area contributed by atoms with Crippen LogP contribution in [0.4, 0.5) is 5.69 Å². The normalized spacial score (nSPS) is 36.6. The number of benzene rings is 2. The molecule has 0 N–H and O–H groups in total. The van der Waals surface area contributed by atoms with Gasteiger partial charge in [-0.25, -0.2) is 0 Å². The first-order valence-corrected chi connectivity index (χ1v) is 14.2. The molecule has 0 amide bonds. The van der Waals surface area contributed by atoms with Crippen LogP contribution in [0.2, 0.25) is 0 Å². The molecule has 2 aromatic rings. The molecule has 4 nitrogen and oxygen atoms in total. The smallest absolute Gasteiger partial charge is 0.176 e. The average Bonchev–Trinajstić information content (AvgIpc) is 3.18. The summed E-state index contributed by atoms with van der Waals surface area (Å²) >= 11 is 2.31. The molecule has 0 spiro atoms. The van der Waals surface area contributed by atoms with Crippen molar-refractivity contribution in [2.24, 2.45) is 28.6 Å². The Morgan fingerprint density at radius 2 is 1.53 bits per heavy atom. The van der Waals surface area contributed by atoms with Gasteiger partial charge in [0.25, 0.3) is 0 Å². The number of ketones is 1. The number of Topliss-reactive ketones (excluding diaryl/α,β-unsaturated/α-hetero) is 1. The monoisotopic (exact) mass is 585 g/mol. The number of halogens is 1. The molecule has 4 bridgehead atoms. The van der Waals surface area contributed by atoms with Gasteiger partial charge in [-0.15, -0.1) is 0 Å². The summed E-state index contributed by atoms with van der Waals surface area (Å²) in [7, 11) is 0. The van der Waals surface area contributed by atoms with Crippen LogP contribution in [0.15, 0.2) is 54.6 Å². The number of fused-ring (bicyclic) bond motifs is 3. The number of hydrogen-bond acceptors (Lipinski definition) is 4. The number of anilines is 1. The van der Waals surface area contributed by atoms with E-state index in [1.54, 1.807) is 0 Å². The number of nitriles is 2. The predicted octanol–water partition coefficient (Wildman–Crippen LogP) is 6.48. The molecule has 6 aliphatic rings. The van der Waals surface area contributed by atoms with Gasteiger partial charge in [0.1, 0.15) is 0 Å². The summed E-state index contributed by atoms with van der Waals surface area (Å²) in [6, 6.07) is 20.1. The highest BCUT2D eigenvalue weighted by molar-refractivity contribution is 14.1. The van der Waals surface area contributed by atoms with Crippen molar-refractivity contribution in [3.8, 4) is 12.1 Å². The van der Waals surface area contributed by atoms with Crippen molar-refractivity contribution in [1.29, 1.82) is 10.5 Å². The Bertz CT molecular complexity index is 1330. The van der Waals surface area contributed by atoms with Crippen molar-refractivity contribution >= 4 is 40.1 Å². The second-order valence-corrected chi connectivity index (χ2v) is 13.0. The quantitative estimate of drug-likeness (QED) is 0.387. The Morgan fingerprint density at radius 1 is 0.917 bits per heavy atom. The van der Waals surface area contributed by atoms with E-state index in [4.69, 9.17) is 0 Å². The second-order valence-electron chi connectivity index (χ2n) is 11.9. The van der Waals surface area contributed by atoms with Gasteiger partial charge in [0.05, 0.1) is 24.2 Å². The van der Waals surface area contributed by atoms with Gasteiger partial charge < -0.3 is 4.90 Å². The van der Waals surface area contributed by atoms with Crippen molar-refractivity contribution < 1.29 is 4.79 Å². The van der Waals surface area contributed by atoms with Crippen LogP contribution in [-0.4, -0.2) is 17.9 Å². The topological polar surface area (TPSA) is 67.9 Å². The summed E-state index contributed by atoms with van der Waals surface area (Å²) < 4.78 is 1.01. The molecule has 4 aliphatic carbocycles. The standard InChI is InChI=1S/C31H28IN3O/c32-24-7-3-2-6-23(24)27-28(29(36)30-14-19-11-20(15-30)13-21(12-19)16-30)35-25-8-4-1-5-22(25)9-10-26(35)31(27,17-33)18-34/h1-10,19-21,26-28H,11-16H2/t19?,20?,21?,26-,27-,28-,30?/m1/s1. The summed E-state index contributed by atoms with van der Waals surface area (Å²) in [5.41, 5.74) is 1.29. The molecule has 1 saturated heterocycles. The van der Waals surface area contributed by atoms with E-state index < -0.39 is 23.4 Å². The number of hydrogen-bond donors (Lipinski definition) is 0. The number of para-hydroxylation sites is 1. The SMILES string of the molecule is N#CC1(C#N)[C@H](c2ccccc2I)[C@H](C(=O)C23CC4CC(CC(C4)C2)C3)N2c3ccccc3C=C[C@@H]21. The lowest BCUT2D eigenvalue weighted by Gasteiger charge is -2.57. The molecular formula is C31H28IN3O. The number of carbonyl (C=O) groups excluding carboxylic acids is 1. The molecule has 4 saturated carbocycles. The van der Waals surface area contributed by atoms with Crippen LogP contribution in [-0.2, 0) is 4.79 Å². The summed E-state index contributed by atoms with van der Waals surface area (Å²) in [6.07, 6.45) is 10.8. The fourth-order valence-electron chi connectivity index (χ4n) is 9.03. The van der Waals surface area contributed by atoms with E-state index in [1.807, 2.05) is 48.6 Å². The molecule has 5 fully saturated rings. The highest BCUT2D eigenvalue weighted by atomic mass is 127. The van der Waals surface area contributed by atoms with Gasteiger partial charge in [-0.2, -0.15) is 10.5 Å². The highest BCUT2D eigenvalue weighted by Crippen LogP contribution is 2.64. The lowest BCUT2D eigenvalue weighted by atomic mass is 9.47. The Labute approximate surface area is 226 Å². The Morgan fingerprint density at radius 3 is 2.17 bits per heavy atom. The lowest BCUT2D eigenvalue weighted by Crippen LogP contribution is -2.56. The Hall–Kier alpha value is -2.64. The van der Waals surface area contributed by atoms with Gasteiger partial charge in [-0.05, 0) is 102 Å². The van der Waals surface area contributed by atoms with E-state index in [0.717, 1.165) is 39.6 Å². The largest absolute Gasteiger partial charge is 0.351 e. The maximum atomic E-state index is 15.1. The van der Waals surface area contributed by atoms with Crippen molar-refractivity contribution in [1.82, 2.24) is 0 Å². The van der Waals surface area contributed by atoms with Crippen LogP contribution >= 0.6 is 22.6 Å². The van der Waals surface area contributed by atoms with Crippen molar-refractivity contribution in [3.63, 3.8) is 0 Å².